The second-order valence-electron chi connectivity index (χ2n) is 4.11. The molecule has 0 aromatic rings. The van der Waals surface area contributed by atoms with Gasteiger partial charge in [-0.25, -0.2) is 0 Å². The first-order chi connectivity index (χ1) is 7.22. The number of likely N-dealkylation sites (tertiary alicyclic amines) is 1. The molecule has 0 aromatic heterocycles. The first kappa shape index (κ1) is 12.5. The average molecular weight is 215 g/mol. The van der Waals surface area contributed by atoms with Crippen molar-refractivity contribution in [1.29, 1.82) is 0 Å². The predicted molar refractivity (Wildman–Crippen MR) is 57.9 cm³/mol. The summed E-state index contributed by atoms with van der Waals surface area (Å²) in [5.74, 6) is -0.116. The van der Waals surface area contributed by atoms with Crippen LogP contribution in [0.25, 0.3) is 0 Å². The lowest BCUT2D eigenvalue weighted by Gasteiger charge is -2.32. The molecule has 4 nitrogen and oxygen atoms in total. The Balaban J connectivity index is 2.19. The molecule has 1 aliphatic heterocycles. The number of piperidine rings is 1. The summed E-state index contributed by atoms with van der Waals surface area (Å²) in [7, 11) is 0. The van der Waals surface area contributed by atoms with Crippen LogP contribution in [0.3, 0.4) is 0 Å². The third kappa shape index (κ3) is 5.14. The minimum absolute atomic E-state index is 0.251. The first-order valence-electron chi connectivity index (χ1n) is 5.74. The van der Waals surface area contributed by atoms with Crippen molar-refractivity contribution in [2.75, 3.05) is 32.8 Å². The molecule has 0 amide bonds. The van der Waals surface area contributed by atoms with E-state index in [1.165, 1.54) is 6.42 Å². The van der Waals surface area contributed by atoms with Gasteiger partial charge in [-0.2, -0.15) is 0 Å². The van der Waals surface area contributed by atoms with Crippen LogP contribution in [-0.4, -0.2) is 48.8 Å². The van der Waals surface area contributed by atoms with Gasteiger partial charge in [0.1, 0.15) is 0 Å². The van der Waals surface area contributed by atoms with Gasteiger partial charge in [0, 0.05) is 19.7 Å². The summed E-state index contributed by atoms with van der Waals surface area (Å²) in [6, 6.07) is 0. The van der Waals surface area contributed by atoms with Crippen molar-refractivity contribution in [1.82, 2.24) is 4.90 Å². The highest BCUT2D eigenvalue weighted by Crippen LogP contribution is 2.16. The van der Waals surface area contributed by atoms with Crippen LogP contribution in [-0.2, 0) is 9.53 Å². The number of hydrogen-bond acceptors (Lipinski definition) is 3. The summed E-state index contributed by atoms with van der Waals surface area (Å²) < 4.78 is 5.40. The molecule has 0 bridgehead atoms. The monoisotopic (exact) mass is 215 g/mol. The van der Waals surface area contributed by atoms with Crippen LogP contribution in [0.1, 0.15) is 26.2 Å². The smallest absolute Gasteiger partial charge is 0.304 e. The molecular weight excluding hydrogens is 194 g/mol. The van der Waals surface area contributed by atoms with Gasteiger partial charge in [0.25, 0.3) is 0 Å². The Kier molecular flexibility index (Phi) is 5.65. The molecule has 1 fully saturated rings. The molecule has 0 radical (unpaired) electrons. The summed E-state index contributed by atoms with van der Waals surface area (Å²) in [6.07, 6.45) is 2.63. The summed E-state index contributed by atoms with van der Waals surface area (Å²) in [5, 5.41) is 8.60. The van der Waals surface area contributed by atoms with E-state index < -0.39 is 5.97 Å². The summed E-state index contributed by atoms with van der Waals surface area (Å²) in [5.41, 5.74) is 0. The Labute approximate surface area is 91.2 Å². The fraction of sp³-hybridized carbons (Fsp3) is 0.909. The molecule has 0 aromatic carbocycles. The fourth-order valence-corrected chi connectivity index (χ4v) is 2.03. The molecular formula is C11H21NO3. The molecule has 1 N–H and O–H groups in total. The minimum atomic E-state index is -0.707. The van der Waals surface area contributed by atoms with Crippen LogP contribution < -0.4 is 0 Å². The number of rotatable bonds is 6. The van der Waals surface area contributed by atoms with Crippen LogP contribution >= 0.6 is 0 Å². The van der Waals surface area contributed by atoms with Gasteiger partial charge >= 0.3 is 5.97 Å². The summed E-state index contributed by atoms with van der Waals surface area (Å²) in [4.78, 5) is 12.7. The maximum Gasteiger partial charge on any atom is 0.304 e. The fourth-order valence-electron chi connectivity index (χ4n) is 2.03. The zero-order valence-electron chi connectivity index (χ0n) is 9.45. The molecule has 1 saturated heterocycles. The van der Waals surface area contributed by atoms with E-state index >= 15 is 0 Å². The van der Waals surface area contributed by atoms with Crippen molar-refractivity contribution in [2.24, 2.45) is 5.92 Å². The van der Waals surface area contributed by atoms with Crippen molar-refractivity contribution in [3.8, 4) is 0 Å². The highest BCUT2D eigenvalue weighted by atomic mass is 16.5. The van der Waals surface area contributed by atoms with E-state index in [9.17, 15) is 4.79 Å². The van der Waals surface area contributed by atoms with Crippen molar-refractivity contribution in [3.63, 3.8) is 0 Å². The van der Waals surface area contributed by atoms with E-state index in [2.05, 4.69) is 4.90 Å². The number of carboxylic acids is 1. The number of ether oxygens (including phenoxy) is 1. The van der Waals surface area contributed by atoms with Crippen LogP contribution in [0.4, 0.5) is 0 Å². The molecule has 1 unspecified atom stereocenters. The van der Waals surface area contributed by atoms with Gasteiger partial charge in [0.15, 0.2) is 0 Å². The highest BCUT2D eigenvalue weighted by molar-refractivity contribution is 5.66. The highest BCUT2D eigenvalue weighted by Gasteiger charge is 2.19. The van der Waals surface area contributed by atoms with Gasteiger partial charge < -0.3 is 14.7 Å². The van der Waals surface area contributed by atoms with Crippen LogP contribution in [0.5, 0.6) is 0 Å². The normalized spacial score (nSPS) is 22.9. The summed E-state index contributed by atoms with van der Waals surface area (Å²) in [6.45, 7) is 6.30. The van der Waals surface area contributed by atoms with Crippen molar-refractivity contribution < 1.29 is 14.6 Å². The Morgan fingerprint density at radius 1 is 1.60 bits per heavy atom. The third-order valence-corrected chi connectivity index (χ3v) is 2.80. The van der Waals surface area contributed by atoms with Crippen LogP contribution in [0.15, 0.2) is 0 Å². The van der Waals surface area contributed by atoms with E-state index in [4.69, 9.17) is 9.84 Å². The lowest BCUT2D eigenvalue weighted by Crippen LogP contribution is -2.38. The van der Waals surface area contributed by atoms with Crippen molar-refractivity contribution >= 4 is 5.97 Å². The molecule has 1 aliphatic rings. The van der Waals surface area contributed by atoms with Crippen molar-refractivity contribution in [3.05, 3.63) is 0 Å². The summed E-state index contributed by atoms with van der Waals surface area (Å²) >= 11 is 0. The first-order valence-corrected chi connectivity index (χ1v) is 5.74. The molecule has 1 heterocycles. The van der Waals surface area contributed by atoms with Crippen molar-refractivity contribution in [2.45, 2.75) is 26.2 Å². The van der Waals surface area contributed by atoms with Crippen LogP contribution in [0, 0.1) is 5.92 Å². The molecule has 1 atom stereocenters. The lowest BCUT2D eigenvalue weighted by molar-refractivity contribution is -0.137. The Hall–Kier alpha value is -0.610. The quantitative estimate of drug-likeness (QED) is 0.723. The zero-order chi connectivity index (χ0) is 11.1. The SMILES string of the molecule is CCOCC1CCCN(CCC(=O)O)C1. The number of nitrogens with zero attached hydrogens (tertiary/aromatic N) is 1. The van der Waals surface area contributed by atoms with E-state index in [1.807, 2.05) is 6.92 Å². The second-order valence-corrected chi connectivity index (χ2v) is 4.11. The third-order valence-electron chi connectivity index (χ3n) is 2.80. The molecule has 0 spiro atoms. The maximum atomic E-state index is 10.4. The zero-order valence-corrected chi connectivity index (χ0v) is 9.45. The topological polar surface area (TPSA) is 49.8 Å². The van der Waals surface area contributed by atoms with Gasteiger partial charge in [0.2, 0.25) is 0 Å². The van der Waals surface area contributed by atoms with Gasteiger partial charge in [-0.05, 0) is 32.2 Å². The average Bonchev–Trinajstić information content (AvgIpc) is 2.24. The predicted octanol–water partition coefficient (Wildman–Crippen LogP) is 1.21. The van der Waals surface area contributed by atoms with Gasteiger partial charge in [0.05, 0.1) is 13.0 Å². The number of aliphatic carboxylic acids is 1. The molecule has 15 heavy (non-hydrogen) atoms. The second kappa shape index (κ2) is 6.80. The number of carboxylic acid groups (broad SMARTS) is 1. The standard InChI is InChI=1S/C11H21NO3/c1-2-15-9-10-4-3-6-12(8-10)7-5-11(13)14/h10H,2-9H2,1H3,(H,13,14). The molecule has 4 heteroatoms. The van der Waals surface area contributed by atoms with Gasteiger partial charge in [-0.1, -0.05) is 0 Å². The Morgan fingerprint density at radius 3 is 3.07 bits per heavy atom. The Morgan fingerprint density at radius 2 is 2.40 bits per heavy atom. The minimum Gasteiger partial charge on any atom is -0.481 e. The van der Waals surface area contributed by atoms with Gasteiger partial charge in [-0.3, -0.25) is 4.79 Å². The van der Waals surface area contributed by atoms with E-state index in [-0.39, 0.29) is 6.42 Å². The van der Waals surface area contributed by atoms with E-state index in [0.717, 1.165) is 32.7 Å². The molecule has 1 rings (SSSR count). The molecule has 0 saturated carbocycles. The largest absolute Gasteiger partial charge is 0.481 e. The lowest BCUT2D eigenvalue weighted by atomic mass is 9.99. The van der Waals surface area contributed by atoms with E-state index in [0.29, 0.717) is 12.5 Å². The molecule has 88 valence electrons. The number of carbonyl (C=O) groups is 1. The maximum absolute atomic E-state index is 10.4. The van der Waals surface area contributed by atoms with Crippen LogP contribution in [0.2, 0.25) is 0 Å². The van der Waals surface area contributed by atoms with E-state index in [1.54, 1.807) is 0 Å². The Bertz CT molecular complexity index is 196. The molecule has 0 aliphatic carbocycles. The van der Waals surface area contributed by atoms with Gasteiger partial charge in [-0.15, -0.1) is 0 Å². The number of hydrogen-bond donors (Lipinski definition) is 1.